The van der Waals surface area contributed by atoms with Gasteiger partial charge in [-0.05, 0) is 42.0 Å². The quantitative estimate of drug-likeness (QED) is 0.454. The topological polar surface area (TPSA) is 85.2 Å². The largest absolute Gasteiger partial charge is 0.484 e. The summed E-state index contributed by atoms with van der Waals surface area (Å²) >= 11 is 1.32. The van der Waals surface area contributed by atoms with Gasteiger partial charge in [-0.15, -0.1) is 0 Å². The molecule has 3 aromatic rings. The van der Waals surface area contributed by atoms with Crippen LogP contribution in [-0.2, 0) is 18.4 Å². The first kappa shape index (κ1) is 24.2. The molecule has 0 aliphatic carbocycles. The number of anilines is 1. The lowest BCUT2D eigenvalue weighted by molar-refractivity contribution is -0.153. The second-order valence-electron chi connectivity index (χ2n) is 6.97. The smallest absolute Gasteiger partial charge is 0.422 e. The predicted molar refractivity (Wildman–Crippen MR) is 118 cm³/mol. The van der Waals surface area contributed by atoms with Crippen LogP contribution in [0.5, 0.6) is 5.75 Å². The molecule has 174 valence electrons. The van der Waals surface area contributed by atoms with Gasteiger partial charge in [-0.25, -0.2) is 4.98 Å². The first-order chi connectivity index (χ1) is 15.7. The Bertz CT molecular complexity index is 1080. The molecule has 0 fully saturated rings. The third-order valence-electron chi connectivity index (χ3n) is 4.32. The number of imidazole rings is 1. The number of hydrogen-bond acceptors (Lipinski definition) is 5. The second kappa shape index (κ2) is 10.9. The van der Waals surface area contributed by atoms with E-state index in [2.05, 4.69) is 20.4 Å². The highest BCUT2D eigenvalue weighted by atomic mass is 32.2. The molecule has 0 aliphatic heterocycles. The molecular weight excluding hydrogens is 457 g/mol. The Hall–Kier alpha value is -3.47. The van der Waals surface area contributed by atoms with E-state index in [1.807, 2.05) is 11.6 Å². The Labute approximate surface area is 192 Å². The van der Waals surface area contributed by atoms with Crippen molar-refractivity contribution in [3.8, 4) is 5.75 Å². The van der Waals surface area contributed by atoms with Crippen LogP contribution in [0.3, 0.4) is 0 Å². The Morgan fingerprint density at radius 1 is 1.09 bits per heavy atom. The number of carbonyl (C=O) groups excluding carboxylic acids is 2. The number of carbonyl (C=O) groups is 2. The molecular formula is C22H21F3N4O3S. The molecule has 11 heteroatoms. The van der Waals surface area contributed by atoms with Gasteiger partial charge in [0, 0.05) is 37.2 Å². The summed E-state index contributed by atoms with van der Waals surface area (Å²) in [5.41, 5.74) is 1.67. The van der Waals surface area contributed by atoms with Crippen LogP contribution in [0.15, 0.2) is 66.1 Å². The maximum atomic E-state index is 12.3. The van der Waals surface area contributed by atoms with Crippen molar-refractivity contribution in [1.29, 1.82) is 0 Å². The Kier molecular flexibility index (Phi) is 7.99. The van der Waals surface area contributed by atoms with Gasteiger partial charge in [0.15, 0.2) is 11.8 Å². The van der Waals surface area contributed by atoms with E-state index in [1.54, 1.807) is 48.8 Å². The second-order valence-corrected chi connectivity index (χ2v) is 7.91. The van der Waals surface area contributed by atoms with Crippen LogP contribution in [0, 0.1) is 0 Å². The van der Waals surface area contributed by atoms with E-state index in [0.29, 0.717) is 16.8 Å². The average Bonchev–Trinajstić information content (AvgIpc) is 3.20. The van der Waals surface area contributed by atoms with E-state index >= 15 is 0 Å². The fourth-order valence-corrected chi connectivity index (χ4v) is 3.41. The van der Waals surface area contributed by atoms with E-state index in [4.69, 9.17) is 0 Å². The summed E-state index contributed by atoms with van der Waals surface area (Å²) in [6.45, 7) is -1.16. The number of thioether (sulfide) groups is 1. The number of nitrogens with zero attached hydrogens (tertiary/aromatic N) is 2. The Morgan fingerprint density at radius 2 is 1.79 bits per heavy atom. The van der Waals surface area contributed by atoms with Crippen LogP contribution in [0.25, 0.3) is 0 Å². The van der Waals surface area contributed by atoms with Gasteiger partial charge >= 0.3 is 6.18 Å². The van der Waals surface area contributed by atoms with E-state index in [0.717, 1.165) is 5.16 Å². The van der Waals surface area contributed by atoms with Crippen LogP contribution in [0.1, 0.15) is 15.9 Å². The molecule has 1 aromatic heterocycles. The first-order valence-corrected chi connectivity index (χ1v) is 10.7. The van der Waals surface area contributed by atoms with Crippen molar-refractivity contribution < 1.29 is 27.5 Å². The zero-order valence-corrected chi connectivity index (χ0v) is 18.4. The molecule has 0 atom stereocenters. The number of hydrogen-bond donors (Lipinski definition) is 2. The minimum atomic E-state index is -4.40. The number of nitrogens with one attached hydrogen (secondary N) is 2. The molecule has 0 spiro atoms. The summed E-state index contributed by atoms with van der Waals surface area (Å²) in [5.74, 6) is -0.218. The van der Waals surface area contributed by atoms with Gasteiger partial charge in [0.1, 0.15) is 5.75 Å². The summed E-state index contributed by atoms with van der Waals surface area (Å²) in [4.78, 5) is 28.6. The van der Waals surface area contributed by atoms with E-state index in [1.165, 1.54) is 23.9 Å². The molecule has 0 aliphatic rings. The third-order valence-corrected chi connectivity index (χ3v) is 5.38. The molecule has 7 nitrogen and oxygen atoms in total. The minimum Gasteiger partial charge on any atom is -0.484 e. The summed E-state index contributed by atoms with van der Waals surface area (Å²) in [7, 11) is 1.85. The maximum Gasteiger partial charge on any atom is 0.422 e. The molecule has 0 saturated carbocycles. The third kappa shape index (κ3) is 7.86. The number of rotatable bonds is 9. The lowest BCUT2D eigenvalue weighted by Gasteiger charge is -2.10. The number of benzene rings is 2. The highest BCUT2D eigenvalue weighted by molar-refractivity contribution is 7.99. The molecule has 0 bridgehead atoms. The van der Waals surface area contributed by atoms with Crippen LogP contribution >= 0.6 is 11.8 Å². The molecule has 0 radical (unpaired) electrons. The zero-order valence-electron chi connectivity index (χ0n) is 17.6. The zero-order chi connectivity index (χ0) is 23.8. The monoisotopic (exact) mass is 478 g/mol. The lowest BCUT2D eigenvalue weighted by atomic mass is 10.1. The van der Waals surface area contributed by atoms with Crippen molar-refractivity contribution >= 4 is 29.3 Å². The van der Waals surface area contributed by atoms with Crippen LogP contribution < -0.4 is 15.4 Å². The number of halogens is 3. The van der Waals surface area contributed by atoms with Crippen LogP contribution in [0.2, 0.25) is 0 Å². The fraction of sp³-hybridized carbons (Fsp3) is 0.227. The van der Waals surface area contributed by atoms with Crippen molar-refractivity contribution in [3.63, 3.8) is 0 Å². The summed E-state index contributed by atoms with van der Waals surface area (Å²) in [6, 6.07) is 12.4. The summed E-state index contributed by atoms with van der Waals surface area (Å²) in [6.07, 6.45) is -0.943. The summed E-state index contributed by atoms with van der Waals surface area (Å²) < 4.78 is 43.0. The number of aromatic nitrogens is 2. The lowest BCUT2D eigenvalue weighted by Crippen LogP contribution is -2.23. The molecule has 2 amide bonds. The molecule has 2 N–H and O–H groups in total. The number of amides is 2. The van der Waals surface area contributed by atoms with Gasteiger partial charge in [-0.3, -0.25) is 9.59 Å². The molecule has 0 unspecified atom stereocenters. The van der Waals surface area contributed by atoms with Crippen LogP contribution in [0.4, 0.5) is 18.9 Å². The molecule has 0 saturated heterocycles. The summed E-state index contributed by atoms with van der Waals surface area (Å²) in [5, 5.41) is 6.23. The Morgan fingerprint density at radius 3 is 2.39 bits per heavy atom. The fourth-order valence-electron chi connectivity index (χ4n) is 2.68. The van der Waals surface area contributed by atoms with Crippen molar-refractivity contribution in [2.45, 2.75) is 17.9 Å². The van der Waals surface area contributed by atoms with Gasteiger partial charge in [-0.1, -0.05) is 23.9 Å². The molecule has 2 aromatic carbocycles. The van der Waals surface area contributed by atoms with E-state index in [9.17, 15) is 22.8 Å². The van der Waals surface area contributed by atoms with Gasteiger partial charge in [0.05, 0.1) is 5.75 Å². The normalized spacial score (nSPS) is 11.2. The number of alkyl halides is 3. The van der Waals surface area contributed by atoms with Gasteiger partial charge < -0.3 is 19.9 Å². The molecule has 3 rings (SSSR count). The SMILES string of the molecule is Cn1ccnc1SCC(=O)Nc1ccc(C(=O)NCc2ccc(OCC(F)(F)F)cc2)cc1. The number of ether oxygens (including phenoxy) is 1. The maximum absolute atomic E-state index is 12.3. The van der Waals surface area contributed by atoms with Gasteiger partial charge in [-0.2, -0.15) is 13.2 Å². The van der Waals surface area contributed by atoms with E-state index in [-0.39, 0.29) is 29.9 Å². The highest BCUT2D eigenvalue weighted by Crippen LogP contribution is 2.19. The van der Waals surface area contributed by atoms with Crippen molar-refractivity contribution in [2.24, 2.45) is 7.05 Å². The van der Waals surface area contributed by atoms with Crippen molar-refractivity contribution in [1.82, 2.24) is 14.9 Å². The predicted octanol–water partition coefficient (Wildman–Crippen LogP) is 4.02. The molecule has 1 heterocycles. The number of aryl methyl sites for hydroxylation is 1. The van der Waals surface area contributed by atoms with Gasteiger partial charge in [0.25, 0.3) is 5.91 Å². The van der Waals surface area contributed by atoms with E-state index < -0.39 is 12.8 Å². The average molecular weight is 478 g/mol. The Balaban J connectivity index is 1.44. The van der Waals surface area contributed by atoms with Crippen LogP contribution in [-0.4, -0.2) is 39.9 Å². The van der Waals surface area contributed by atoms with Crippen molar-refractivity contribution in [2.75, 3.05) is 17.7 Å². The first-order valence-electron chi connectivity index (χ1n) is 9.76. The van der Waals surface area contributed by atoms with Gasteiger partial charge in [0.2, 0.25) is 5.91 Å². The van der Waals surface area contributed by atoms with Crippen molar-refractivity contribution in [3.05, 3.63) is 72.1 Å². The minimum absolute atomic E-state index is 0.0957. The highest BCUT2D eigenvalue weighted by Gasteiger charge is 2.28. The standard InChI is InChI=1S/C22H21F3N4O3S/c1-29-11-10-26-21(29)33-13-19(30)28-17-6-4-16(5-7-17)20(31)27-12-15-2-8-18(9-3-15)32-14-22(23,24)25/h2-11H,12-14H2,1H3,(H,27,31)(H,28,30). The molecule has 33 heavy (non-hydrogen) atoms.